The summed E-state index contributed by atoms with van der Waals surface area (Å²) in [4.78, 5) is 0. The molecule has 3 N–H and O–H groups in total. The topological polar surface area (TPSA) is 55.5 Å². The highest BCUT2D eigenvalue weighted by molar-refractivity contribution is 6.32. The van der Waals surface area contributed by atoms with Gasteiger partial charge in [0.25, 0.3) is 0 Å². The lowest BCUT2D eigenvalue weighted by atomic mass is 9.96. The molecule has 90 valence electrons. The van der Waals surface area contributed by atoms with Crippen LogP contribution < -0.4 is 10.5 Å². The van der Waals surface area contributed by atoms with E-state index < -0.39 is 0 Å². The van der Waals surface area contributed by atoms with E-state index in [-0.39, 0.29) is 11.7 Å². The molecule has 0 fully saturated rings. The van der Waals surface area contributed by atoms with E-state index >= 15 is 0 Å². The van der Waals surface area contributed by atoms with Crippen molar-refractivity contribution >= 4 is 11.6 Å². The Bertz CT molecular complexity index is 352. The Morgan fingerprint density at radius 2 is 2.19 bits per heavy atom. The zero-order chi connectivity index (χ0) is 12.3. The third-order valence-corrected chi connectivity index (χ3v) is 3.21. The zero-order valence-corrected chi connectivity index (χ0v) is 10.6. The Kier molecular flexibility index (Phi) is 4.44. The van der Waals surface area contributed by atoms with E-state index in [1.165, 1.54) is 7.11 Å². The fraction of sp³-hybridized carbons (Fsp3) is 0.500. The SMILES string of the molecule is CCc1cc(OC)c(O)c(C(C)CN)c1Cl. The smallest absolute Gasteiger partial charge is 0.162 e. The van der Waals surface area contributed by atoms with Gasteiger partial charge in [-0.2, -0.15) is 0 Å². The molecule has 4 heteroatoms. The summed E-state index contributed by atoms with van der Waals surface area (Å²) in [6.07, 6.45) is 0.791. The number of phenols is 1. The summed E-state index contributed by atoms with van der Waals surface area (Å²) in [5.74, 6) is 0.562. The molecule has 1 aromatic carbocycles. The molecule has 0 aliphatic heterocycles. The van der Waals surface area contributed by atoms with Crippen LogP contribution >= 0.6 is 11.6 Å². The molecule has 1 atom stereocenters. The number of aryl methyl sites for hydroxylation is 1. The van der Waals surface area contributed by atoms with Gasteiger partial charge in [-0.25, -0.2) is 0 Å². The van der Waals surface area contributed by atoms with Crippen molar-refractivity contribution in [3.63, 3.8) is 0 Å². The molecule has 1 rings (SSSR count). The minimum atomic E-state index is 0.00731. The number of aromatic hydroxyl groups is 1. The predicted molar refractivity (Wildman–Crippen MR) is 66.5 cm³/mol. The number of halogens is 1. The summed E-state index contributed by atoms with van der Waals surface area (Å²) in [7, 11) is 1.53. The molecule has 0 radical (unpaired) electrons. The summed E-state index contributed by atoms with van der Waals surface area (Å²) in [6.45, 7) is 4.37. The van der Waals surface area contributed by atoms with Crippen molar-refractivity contribution in [3.05, 3.63) is 22.2 Å². The molecular weight excluding hydrogens is 226 g/mol. The van der Waals surface area contributed by atoms with Gasteiger partial charge in [0, 0.05) is 5.56 Å². The second-order valence-corrected chi connectivity index (χ2v) is 4.18. The number of nitrogens with two attached hydrogens (primary N) is 1. The molecule has 16 heavy (non-hydrogen) atoms. The molecule has 0 saturated carbocycles. The van der Waals surface area contributed by atoms with Gasteiger partial charge >= 0.3 is 0 Å². The van der Waals surface area contributed by atoms with Gasteiger partial charge in [-0.1, -0.05) is 25.4 Å². The number of phenolic OH excluding ortho intramolecular Hbond substituents is 1. The minimum absolute atomic E-state index is 0.00731. The quantitative estimate of drug-likeness (QED) is 0.855. The first-order chi connectivity index (χ1) is 7.56. The zero-order valence-electron chi connectivity index (χ0n) is 9.88. The standard InChI is InChI=1S/C12H18ClNO2/c1-4-8-5-9(16-3)12(15)10(11(8)13)7(2)6-14/h5,7,15H,4,6,14H2,1-3H3. The van der Waals surface area contributed by atoms with Crippen LogP contribution in [0.2, 0.25) is 5.02 Å². The summed E-state index contributed by atoms with van der Waals surface area (Å²) in [5, 5.41) is 10.6. The molecule has 0 heterocycles. The highest BCUT2D eigenvalue weighted by Gasteiger charge is 2.20. The Morgan fingerprint density at radius 1 is 1.56 bits per heavy atom. The van der Waals surface area contributed by atoms with Gasteiger partial charge in [-0.05, 0) is 30.5 Å². The van der Waals surface area contributed by atoms with Gasteiger partial charge in [0.1, 0.15) is 0 Å². The van der Waals surface area contributed by atoms with Crippen LogP contribution in [-0.2, 0) is 6.42 Å². The second-order valence-electron chi connectivity index (χ2n) is 3.80. The third kappa shape index (κ3) is 2.25. The number of methoxy groups -OCH3 is 1. The van der Waals surface area contributed by atoms with Gasteiger partial charge in [0.2, 0.25) is 0 Å². The lowest BCUT2D eigenvalue weighted by Gasteiger charge is -2.18. The van der Waals surface area contributed by atoms with Gasteiger partial charge in [-0.15, -0.1) is 0 Å². The maximum atomic E-state index is 10.0. The maximum Gasteiger partial charge on any atom is 0.162 e. The second kappa shape index (κ2) is 5.41. The number of benzene rings is 1. The highest BCUT2D eigenvalue weighted by atomic mass is 35.5. The fourth-order valence-corrected chi connectivity index (χ4v) is 2.14. The molecule has 3 nitrogen and oxygen atoms in total. The molecule has 0 bridgehead atoms. The van der Waals surface area contributed by atoms with Crippen LogP contribution in [0.3, 0.4) is 0 Å². The third-order valence-electron chi connectivity index (χ3n) is 2.76. The van der Waals surface area contributed by atoms with Gasteiger partial charge in [0.15, 0.2) is 11.5 Å². The van der Waals surface area contributed by atoms with Gasteiger partial charge < -0.3 is 15.6 Å². The van der Waals surface area contributed by atoms with Crippen LogP contribution in [0, 0.1) is 0 Å². The average molecular weight is 244 g/mol. The van der Waals surface area contributed by atoms with Crippen LogP contribution in [0.1, 0.15) is 30.9 Å². The van der Waals surface area contributed by atoms with Crippen molar-refractivity contribution in [3.8, 4) is 11.5 Å². The van der Waals surface area contributed by atoms with Crippen molar-refractivity contribution in [2.45, 2.75) is 26.2 Å². The Morgan fingerprint density at radius 3 is 2.62 bits per heavy atom. The predicted octanol–water partition coefficient (Wildman–Crippen LogP) is 2.68. The molecule has 1 aromatic rings. The lowest BCUT2D eigenvalue weighted by Crippen LogP contribution is -2.10. The van der Waals surface area contributed by atoms with Gasteiger partial charge in [-0.3, -0.25) is 0 Å². The molecule has 0 spiro atoms. The van der Waals surface area contributed by atoms with Crippen LogP contribution in [0.4, 0.5) is 0 Å². The van der Waals surface area contributed by atoms with E-state index in [0.29, 0.717) is 22.9 Å². The number of ether oxygens (including phenoxy) is 1. The minimum Gasteiger partial charge on any atom is -0.504 e. The molecule has 0 saturated heterocycles. The first-order valence-electron chi connectivity index (χ1n) is 5.35. The largest absolute Gasteiger partial charge is 0.504 e. The summed E-state index contributed by atoms with van der Waals surface area (Å²) >= 11 is 6.25. The molecule has 0 aliphatic rings. The molecular formula is C12H18ClNO2. The van der Waals surface area contributed by atoms with E-state index in [1.807, 2.05) is 13.8 Å². The monoisotopic (exact) mass is 243 g/mol. The number of hydrogen-bond donors (Lipinski definition) is 2. The molecule has 1 unspecified atom stereocenters. The van der Waals surface area contributed by atoms with E-state index in [1.54, 1.807) is 6.07 Å². The van der Waals surface area contributed by atoms with Crippen LogP contribution in [0.15, 0.2) is 6.07 Å². The van der Waals surface area contributed by atoms with E-state index in [9.17, 15) is 5.11 Å². The average Bonchev–Trinajstić information content (AvgIpc) is 2.29. The molecule has 0 aromatic heterocycles. The van der Waals surface area contributed by atoms with Crippen LogP contribution in [0.25, 0.3) is 0 Å². The Balaban J connectivity index is 3.43. The summed E-state index contributed by atoms with van der Waals surface area (Å²) in [6, 6.07) is 1.77. The Labute approximate surface area is 101 Å². The van der Waals surface area contributed by atoms with Crippen LogP contribution in [-0.4, -0.2) is 18.8 Å². The fourth-order valence-electron chi connectivity index (χ4n) is 1.68. The van der Waals surface area contributed by atoms with E-state index in [4.69, 9.17) is 22.1 Å². The lowest BCUT2D eigenvalue weighted by molar-refractivity contribution is 0.368. The van der Waals surface area contributed by atoms with E-state index in [0.717, 1.165) is 12.0 Å². The van der Waals surface area contributed by atoms with Crippen molar-refractivity contribution in [1.29, 1.82) is 0 Å². The molecule has 0 aliphatic carbocycles. The van der Waals surface area contributed by atoms with Crippen LogP contribution in [0.5, 0.6) is 11.5 Å². The summed E-state index contributed by atoms with van der Waals surface area (Å²) in [5.41, 5.74) is 7.26. The number of hydrogen-bond acceptors (Lipinski definition) is 3. The first-order valence-corrected chi connectivity index (χ1v) is 5.72. The summed E-state index contributed by atoms with van der Waals surface area (Å²) < 4.78 is 5.13. The highest BCUT2D eigenvalue weighted by Crippen LogP contribution is 2.41. The number of rotatable bonds is 4. The van der Waals surface area contributed by atoms with Crippen molar-refractivity contribution < 1.29 is 9.84 Å². The first kappa shape index (κ1) is 13.1. The normalized spacial score (nSPS) is 12.6. The van der Waals surface area contributed by atoms with Crippen molar-refractivity contribution in [2.75, 3.05) is 13.7 Å². The maximum absolute atomic E-state index is 10.0. The van der Waals surface area contributed by atoms with Gasteiger partial charge in [0.05, 0.1) is 12.1 Å². The van der Waals surface area contributed by atoms with E-state index in [2.05, 4.69) is 0 Å². The molecule has 0 amide bonds. The van der Waals surface area contributed by atoms with Crippen molar-refractivity contribution in [2.24, 2.45) is 5.73 Å². The Hall–Kier alpha value is -0.930. The van der Waals surface area contributed by atoms with Crippen molar-refractivity contribution in [1.82, 2.24) is 0 Å².